The molecular weight excluding hydrogens is 252 g/mol. The summed E-state index contributed by atoms with van der Waals surface area (Å²) < 4.78 is 5.74. The summed E-state index contributed by atoms with van der Waals surface area (Å²) in [6, 6.07) is 10.1. The van der Waals surface area contributed by atoms with Crippen molar-refractivity contribution in [2.75, 3.05) is 19.7 Å². The Hall–Kier alpha value is -1.86. The third-order valence-electron chi connectivity index (χ3n) is 3.48. The first-order valence-electron chi connectivity index (χ1n) is 7.06. The molecule has 0 aromatic heterocycles. The molecule has 1 aromatic rings. The van der Waals surface area contributed by atoms with Crippen molar-refractivity contribution >= 4 is 5.78 Å². The highest BCUT2D eigenvalue weighted by Gasteiger charge is 2.28. The SMILES string of the molecule is CC(=O)c1ccccc1OCCN(CCC#N)C1CC1. The van der Waals surface area contributed by atoms with Gasteiger partial charge < -0.3 is 4.74 Å². The third-order valence-corrected chi connectivity index (χ3v) is 3.48. The number of hydrogen-bond acceptors (Lipinski definition) is 4. The topological polar surface area (TPSA) is 53.3 Å². The van der Waals surface area contributed by atoms with Crippen LogP contribution in [-0.4, -0.2) is 36.4 Å². The first-order chi connectivity index (χ1) is 9.72. The molecule has 0 heterocycles. The van der Waals surface area contributed by atoms with E-state index >= 15 is 0 Å². The molecule has 1 aliphatic carbocycles. The lowest BCUT2D eigenvalue weighted by atomic mass is 10.1. The molecule has 106 valence electrons. The minimum Gasteiger partial charge on any atom is -0.491 e. The maximum absolute atomic E-state index is 11.5. The molecule has 1 saturated carbocycles. The number of rotatable bonds is 8. The highest BCUT2D eigenvalue weighted by atomic mass is 16.5. The minimum absolute atomic E-state index is 0.0177. The van der Waals surface area contributed by atoms with E-state index in [-0.39, 0.29) is 5.78 Å². The van der Waals surface area contributed by atoms with E-state index in [1.807, 2.05) is 18.2 Å². The van der Waals surface area contributed by atoms with Gasteiger partial charge in [-0.25, -0.2) is 0 Å². The molecule has 4 nitrogen and oxygen atoms in total. The molecule has 0 atom stereocenters. The molecule has 0 aliphatic heterocycles. The van der Waals surface area contributed by atoms with Gasteiger partial charge in [0.1, 0.15) is 12.4 Å². The number of ketones is 1. The second-order valence-corrected chi connectivity index (χ2v) is 5.08. The van der Waals surface area contributed by atoms with Gasteiger partial charge in [0.15, 0.2) is 5.78 Å². The fourth-order valence-electron chi connectivity index (χ4n) is 2.27. The number of hydrogen-bond donors (Lipinski definition) is 0. The van der Waals surface area contributed by atoms with E-state index in [0.29, 0.717) is 30.4 Å². The predicted molar refractivity (Wildman–Crippen MR) is 76.8 cm³/mol. The number of benzene rings is 1. The van der Waals surface area contributed by atoms with Gasteiger partial charge in [0, 0.05) is 25.6 Å². The number of carbonyl (C=O) groups excluding carboxylic acids is 1. The number of ether oxygens (including phenoxy) is 1. The van der Waals surface area contributed by atoms with Gasteiger partial charge >= 0.3 is 0 Å². The zero-order valence-electron chi connectivity index (χ0n) is 11.8. The summed E-state index contributed by atoms with van der Waals surface area (Å²) in [6.45, 7) is 3.70. The Kier molecular flexibility index (Phi) is 5.14. The van der Waals surface area contributed by atoms with Crippen molar-refractivity contribution in [2.24, 2.45) is 0 Å². The van der Waals surface area contributed by atoms with Crippen LogP contribution < -0.4 is 4.74 Å². The molecule has 1 aromatic carbocycles. The van der Waals surface area contributed by atoms with Crippen LogP contribution in [0.4, 0.5) is 0 Å². The Morgan fingerprint density at radius 3 is 2.80 bits per heavy atom. The van der Waals surface area contributed by atoms with Gasteiger partial charge in [0.2, 0.25) is 0 Å². The molecule has 20 heavy (non-hydrogen) atoms. The fraction of sp³-hybridized carbons (Fsp3) is 0.500. The van der Waals surface area contributed by atoms with Gasteiger partial charge in [-0.15, -0.1) is 0 Å². The normalized spacial score (nSPS) is 14.1. The molecular formula is C16H20N2O2. The minimum atomic E-state index is 0.0177. The van der Waals surface area contributed by atoms with Gasteiger partial charge in [0.25, 0.3) is 0 Å². The zero-order valence-corrected chi connectivity index (χ0v) is 11.8. The molecule has 0 N–H and O–H groups in total. The van der Waals surface area contributed by atoms with Crippen molar-refractivity contribution in [1.29, 1.82) is 5.26 Å². The molecule has 0 radical (unpaired) electrons. The van der Waals surface area contributed by atoms with Crippen LogP contribution in [0, 0.1) is 11.3 Å². The Labute approximate surface area is 120 Å². The van der Waals surface area contributed by atoms with Crippen molar-refractivity contribution in [1.82, 2.24) is 4.90 Å². The Bertz CT molecular complexity index is 503. The van der Waals surface area contributed by atoms with E-state index in [4.69, 9.17) is 10.00 Å². The molecule has 0 unspecified atom stereocenters. The van der Waals surface area contributed by atoms with Crippen molar-refractivity contribution in [3.05, 3.63) is 29.8 Å². The highest BCUT2D eigenvalue weighted by molar-refractivity contribution is 5.96. The second kappa shape index (κ2) is 7.06. The van der Waals surface area contributed by atoms with Crippen LogP contribution in [0.2, 0.25) is 0 Å². The first-order valence-corrected chi connectivity index (χ1v) is 7.06. The number of carbonyl (C=O) groups is 1. The molecule has 2 rings (SSSR count). The molecule has 1 fully saturated rings. The van der Waals surface area contributed by atoms with Gasteiger partial charge in [0.05, 0.1) is 11.6 Å². The van der Waals surface area contributed by atoms with E-state index in [9.17, 15) is 4.79 Å². The van der Waals surface area contributed by atoms with Crippen LogP contribution in [0.5, 0.6) is 5.75 Å². The van der Waals surface area contributed by atoms with Crippen molar-refractivity contribution in [3.63, 3.8) is 0 Å². The monoisotopic (exact) mass is 272 g/mol. The summed E-state index contributed by atoms with van der Waals surface area (Å²) in [4.78, 5) is 13.8. The van der Waals surface area contributed by atoms with E-state index in [1.165, 1.54) is 12.8 Å². The molecule has 4 heteroatoms. The van der Waals surface area contributed by atoms with Crippen LogP contribution >= 0.6 is 0 Å². The van der Waals surface area contributed by atoms with Gasteiger partial charge in [-0.1, -0.05) is 12.1 Å². The first kappa shape index (κ1) is 14.5. The molecule has 1 aliphatic rings. The van der Waals surface area contributed by atoms with Gasteiger partial charge in [-0.2, -0.15) is 5.26 Å². The van der Waals surface area contributed by atoms with Crippen LogP contribution in [0.15, 0.2) is 24.3 Å². The summed E-state index contributed by atoms with van der Waals surface area (Å²) in [5.74, 6) is 0.667. The quantitative estimate of drug-likeness (QED) is 0.683. The second-order valence-electron chi connectivity index (χ2n) is 5.08. The van der Waals surface area contributed by atoms with Crippen molar-refractivity contribution < 1.29 is 9.53 Å². The summed E-state index contributed by atoms with van der Waals surface area (Å²) in [6.07, 6.45) is 2.99. The van der Waals surface area contributed by atoms with Crippen LogP contribution in [0.25, 0.3) is 0 Å². The van der Waals surface area contributed by atoms with Crippen molar-refractivity contribution in [3.8, 4) is 11.8 Å². The Balaban J connectivity index is 1.85. The summed E-state index contributed by atoms with van der Waals surface area (Å²) in [5.41, 5.74) is 0.627. The van der Waals surface area contributed by atoms with E-state index < -0.39 is 0 Å². The number of para-hydroxylation sites is 1. The number of nitriles is 1. The Morgan fingerprint density at radius 2 is 2.15 bits per heavy atom. The summed E-state index contributed by atoms with van der Waals surface area (Å²) in [7, 11) is 0. The lowest BCUT2D eigenvalue weighted by Gasteiger charge is -2.21. The maximum atomic E-state index is 11.5. The molecule has 0 spiro atoms. The van der Waals surface area contributed by atoms with Gasteiger partial charge in [-0.05, 0) is 31.9 Å². The fourth-order valence-corrected chi connectivity index (χ4v) is 2.27. The highest BCUT2D eigenvalue weighted by Crippen LogP contribution is 2.26. The van der Waals surface area contributed by atoms with E-state index in [2.05, 4.69) is 11.0 Å². The average Bonchev–Trinajstić information content (AvgIpc) is 3.27. The van der Waals surface area contributed by atoms with Crippen LogP contribution in [0.3, 0.4) is 0 Å². The summed E-state index contributed by atoms with van der Waals surface area (Å²) >= 11 is 0. The molecule has 0 bridgehead atoms. The average molecular weight is 272 g/mol. The Morgan fingerprint density at radius 1 is 1.40 bits per heavy atom. The molecule has 0 saturated heterocycles. The summed E-state index contributed by atoms with van der Waals surface area (Å²) in [5, 5.41) is 8.67. The lowest BCUT2D eigenvalue weighted by molar-refractivity contribution is 0.101. The standard InChI is InChI=1S/C16H20N2O2/c1-13(19)15-5-2-3-6-16(15)20-12-11-18(10-4-9-17)14-7-8-14/h2-3,5-6,14H,4,7-8,10-12H2,1H3. The van der Waals surface area contributed by atoms with Crippen LogP contribution in [-0.2, 0) is 0 Å². The largest absolute Gasteiger partial charge is 0.491 e. The smallest absolute Gasteiger partial charge is 0.163 e. The zero-order chi connectivity index (χ0) is 14.4. The van der Waals surface area contributed by atoms with Crippen molar-refractivity contribution in [2.45, 2.75) is 32.2 Å². The third kappa shape index (κ3) is 4.07. The number of Topliss-reactive ketones (excluding diaryl/α,β-unsaturated/α-hetero) is 1. The van der Waals surface area contributed by atoms with Crippen LogP contribution in [0.1, 0.15) is 36.5 Å². The van der Waals surface area contributed by atoms with Gasteiger partial charge in [-0.3, -0.25) is 9.69 Å². The van der Waals surface area contributed by atoms with E-state index in [0.717, 1.165) is 13.1 Å². The predicted octanol–water partition coefficient (Wildman–Crippen LogP) is 2.65. The maximum Gasteiger partial charge on any atom is 0.163 e. The lowest BCUT2D eigenvalue weighted by Crippen LogP contribution is -2.31. The molecule has 0 amide bonds. The van der Waals surface area contributed by atoms with E-state index in [1.54, 1.807) is 13.0 Å². The number of nitrogens with zero attached hydrogens (tertiary/aromatic N) is 2.